The second-order valence-electron chi connectivity index (χ2n) is 5.66. The van der Waals surface area contributed by atoms with Gasteiger partial charge >= 0.3 is 0 Å². The van der Waals surface area contributed by atoms with Gasteiger partial charge in [-0.05, 0) is 38.8 Å². The number of allylic oxidation sites excluding steroid dienone is 2. The van der Waals surface area contributed by atoms with Crippen LogP contribution in [0.2, 0.25) is 0 Å². The third kappa shape index (κ3) is 4.50. The van der Waals surface area contributed by atoms with Gasteiger partial charge in [0.05, 0.1) is 0 Å². The normalized spacial score (nSPS) is 19.4. The minimum Gasteiger partial charge on any atom is -0.354 e. The maximum absolute atomic E-state index is 4.77. The molecule has 0 bridgehead atoms. The van der Waals surface area contributed by atoms with Crippen molar-refractivity contribution in [2.75, 3.05) is 26.2 Å². The molecule has 0 aromatic heterocycles. The van der Waals surface area contributed by atoms with Crippen molar-refractivity contribution in [2.45, 2.75) is 40.7 Å². The van der Waals surface area contributed by atoms with E-state index in [2.05, 4.69) is 57.1 Å². The predicted molar refractivity (Wildman–Crippen MR) is 84.5 cm³/mol. The van der Waals surface area contributed by atoms with Gasteiger partial charge in [-0.2, -0.15) is 0 Å². The molecule has 3 nitrogen and oxygen atoms in total. The summed E-state index contributed by atoms with van der Waals surface area (Å²) in [6.07, 6.45) is 3.98. The summed E-state index contributed by atoms with van der Waals surface area (Å²) in [5.74, 6) is 1.51. The molecular formula is C16H29N3. The van der Waals surface area contributed by atoms with Gasteiger partial charge < -0.3 is 4.90 Å². The summed E-state index contributed by atoms with van der Waals surface area (Å²) >= 11 is 0. The zero-order valence-corrected chi connectivity index (χ0v) is 13.2. The minimum atomic E-state index is 0.421. The van der Waals surface area contributed by atoms with E-state index in [-0.39, 0.29) is 0 Å². The fourth-order valence-corrected chi connectivity index (χ4v) is 2.33. The van der Waals surface area contributed by atoms with E-state index in [0.717, 1.165) is 37.7 Å². The molecule has 0 atom stereocenters. The van der Waals surface area contributed by atoms with Gasteiger partial charge in [-0.25, -0.2) is 4.99 Å². The molecule has 0 spiro atoms. The standard InChI is InChI=1S/C16H29N3/c1-7-15(13(3)4)17-16(8-2)19-11-9-18(10-12-19)14(5)6/h7-8,13-14H,1,9-12H2,2-6H3/b16-8+,17-15+. The Bertz CT molecular complexity index is 345. The SMILES string of the molecule is C=C/C(=N\C(=C/C)N1CCN(C(C)C)CC1)C(C)C. The lowest BCUT2D eigenvalue weighted by atomic mass is 10.1. The molecule has 1 saturated heterocycles. The summed E-state index contributed by atoms with van der Waals surface area (Å²) in [5, 5.41) is 0. The molecular weight excluding hydrogens is 234 g/mol. The quantitative estimate of drug-likeness (QED) is 0.710. The number of hydrogen-bond donors (Lipinski definition) is 0. The molecule has 1 aliphatic rings. The summed E-state index contributed by atoms with van der Waals surface area (Å²) in [6.45, 7) is 19.1. The molecule has 0 radical (unpaired) electrons. The number of nitrogens with zero attached hydrogens (tertiary/aromatic N) is 3. The van der Waals surface area contributed by atoms with Gasteiger partial charge in [0, 0.05) is 37.9 Å². The van der Waals surface area contributed by atoms with E-state index in [4.69, 9.17) is 4.99 Å². The highest BCUT2D eigenvalue weighted by atomic mass is 15.3. The molecule has 0 N–H and O–H groups in total. The van der Waals surface area contributed by atoms with Crippen LogP contribution in [0, 0.1) is 5.92 Å². The minimum absolute atomic E-state index is 0.421. The zero-order chi connectivity index (χ0) is 14.4. The summed E-state index contributed by atoms with van der Waals surface area (Å²) in [7, 11) is 0. The first-order valence-electron chi connectivity index (χ1n) is 7.35. The summed E-state index contributed by atoms with van der Waals surface area (Å²) < 4.78 is 0. The van der Waals surface area contributed by atoms with E-state index in [1.54, 1.807) is 0 Å². The average molecular weight is 263 g/mol. The summed E-state index contributed by atoms with van der Waals surface area (Å²) in [6, 6.07) is 0.638. The molecule has 19 heavy (non-hydrogen) atoms. The lowest BCUT2D eigenvalue weighted by Crippen LogP contribution is -2.48. The van der Waals surface area contributed by atoms with Gasteiger partial charge in [0.15, 0.2) is 0 Å². The van der Waals surface area contributed by atoms with Crippen molar-refractivity contribution in [3.8, 4) is 0 Å². The zero-order valence-electron chi connectivity index (χ0n) is 13.2. The summed E-state index contributed by atoms with van der Waals surface area (Å²) in [4.78, 5) is 9.67. The van der Waals surface area contributed by atoms with Crippen LogP contribution in [-0.2, 0) is 0 Å². The first-order valence-corrected chi connectivity index (χ1v) is 7.35. The molecule has 0 aromatic rings. The van der Waals surface area contributed by atoms with Crippen LogP contribution in [0.4, 0.5) is 0 Å². The average Bonchev–Trinajstić information content (AvgIpc) is 2.40. The predicted octanol–water partition coefficient (Wildman–Crippen LogP) is 3.16. The van der Waals surface area contributed by atoms with Crippen LogP contribution in [0.3, 0.4) is 0 Å². The monoisotopic (exact) mass is 263 g/mol. The first kappa shape index (κ1) is 16.0. The molecule has 3 heteroatoms. The maximum atomic E-state index is 4.77. The van der Waals surface area contributed by atoms with Gasteiger partial charge in [-0.1, -0.05) is 20.4 Å². The van der Waals surface area contributed by atoms with E-state index in [1.165, 1.54) is 0 Å². The third-order valence-corrected chi connectivity index (χ3v) is 3.67. The largest absolute Gasteiger partial charge is 0.354 e. The molecule has 108 valence electrons. The van der Waals surface area contributed by atoms with Gasteiger partial charge in [0.2, 0.25) is 0 Å². The number of hydrogen-bond acceptors (Lipinski definition) is 3. The second-order valence-corrected chi connectivity index (χ2v) is 5.66. The number of piperazine rings is 1. The van der Waals surface area contributed by atoms with Crippen LogP contribution in [0.25, 0.3) is 0 Å². The molecule has 1 fully saturated rings. The molecule has 0 aromatic carbocycles. The Morgan fingerprint density at radius 2 is 1.68 bits per heavy atom. The van der Waals surface area contributed by atoms with Gasteiger partial charge in [0.25, 0.3) is 0 Å². The number of aliphatic imine (C=N–C) groups is 1. The second kappa shape index (κ2) is 7.49. The molecule has 0 aliphatic carbocycles. The van der Waals surface area contributed by atoms with Crippen LogP contribution in [-0.4, -0.2) is 47.7 Å². The molecule has 1 aliphatic heterocycles. The van der Waals surface area contributed by atoms with Crippen molar-refractivity contribution in [3.63, 3.8) is 0 Å². The highest BCUT2D eigenvalue weighted by Crippen LogP contribution is 2.14. The Labute approximate surface area is 118 Å². The lowest BCUT2D eigenvalue weighted by molar-refractivity contribution is 0.129. The fraction of sp³-hybridized carbons (Fsp3) is 0.688. The molecule has 0 unspecified atom stereocenters. The van der Waals surface area contributed by atoms with Crippen molar-refractivity contribution >= 4 is 5.71 Å². The fourth-order valence-electron chi connectivity index (χ4n) is 2.33. The van der Waals surface area contributed by atoms with Crippen molar-refractivity contribution in [1.29, 1.82) is 0 Å². The molecule has 1 heterocycles. The molecule has 1 rings (SSSR count). The Kier molecular flexibility index (Phi) is 6.29. The Morgan fingerprint density at radius 1 is 1.11 bits per heavy atom. The highest BCUT2D eigenvalue weighted by Gasteiger charge is 2.20. The van der Waals surface area contributed by atoms with Crippen LogP contribution >= 0.6 is 0 Å². The van der Waals surface area contributed by atoms with Crippen LogP contribution in [0.5, 0.6) is 0 Å². The van der Waals surface area contributed by atoms with Crippen LogP contribution in [0.1, 0.15) is 34.6 Å². The Balaban J connectivity index is 2.71. The maximum Gasteiger partial charge on any atom is 0.124 e. The van der Waals surface area contributed by atoms with Crippen LogP contribution in [0.15, 0.2) is 29.5 Å². The molecule has 0 amide bonds. The van der Waals surface area contributed by atoms with E-state index in [0.29, 0.717) is 12.0 Å². The van der Waals surface area contributed by atoms with E-state index in [1.807, 2.05) is 6.08 Å². The first-order chi connectivity index (χ1) is 8.99. The van der Waals surface area contributed by atoms with Crippen molar-refractivity contribution in [3.05, 3.63) is 24.6 Å². The van der Waals surface area contributed by atoms with E-state index in [9.17, 15) is 0 Å². The van der Waals surface area contributed by atoms with Gasteiger partial charge in [0.1, 0.15) is 5.82 Å². The smallest absolute Gasteiger partial charge is 0.124 e. The van der Waals surface area contributed by atoms with E-state index >= 15 is 0 Å². The third-order valence-electron chi connectivity index (χ3n) is 3.67. The molecule has 0 saturated carbocycles. The lowest BCUT2D eigenvalue weighted by Gasteiger charge is -2.38. The highest BCUT2D eigenvalue weighted by molar-refractivity contribution is 5.96. The Hall–Kier alpha value is -1.09. The van der Waals surface area contributed by atoms with Crippen LogP contribution < -0.4 is 0 Å². The topological polar surface area (TPSA) is 18.8 Å². The van der Waals surface area contributed by atoms with Crippen molar-refractivity contribution in [2.24, 2.45) is 10.9 Å². The van der Waals surface area contributed by atoms with Crippen molar-refractivity contribution in [1.82, 2.24) is 9.80 Å². The summed E-state index contributed by atoms with van der Waals surface area (Å²) in [5.41, 5.74) is 1.07. The van der Waals surface area contributed by atoms with E-state index < -0.39 is 0 Å². The Morgan fingerprint density at radius 3 is 2.05 bits per heavy atom. The van der Waals surface area contributed by atoms with Crippen molar-refractivity contribution < 1.29 is 0 Å². The van der Waals surface area contributed by atoms with Gasteiger partial charge in [-0.3, -0.25) is 4.90 Å². The number of rotatable bonds is 5. The van der Waals surface area contributed by atoms with Gasteiger partial charge in [-0.15, -0.1) is 0 Å².